The number of allylic oxidation sites excluding steroid dienone is 1. The largest absolute Gasteiger partial charge is 0.488 e. The molecule has 0 aliphatic heterocycles. The molecule has 5 heteroatoms. The van der Waals surface area contributed by atoms with Gasteiger partial charge in [-0.15, -0.1) is 0 Å². The summed E-state index contributed by atoms with van der Waals surface area (Å²) in [4.78, 5) is 10.7. The maximum absolute atomic E-state index is 10.7. The van der Waals surface area contributed by atoms with E-state index in [1.54, 1.807) is 6.08 Å². The van der Waals surface area contributed by atoms with Gasteiger partial charge in [0.2, 0.25) is 5.24 Å². The summed E-state index contributed by atoms with van der Waals surface area (Å²) in [5, 5.41) is 0.194. The van der Waals surface area contributed by atoms with Crippen LogP contribution in [-0.4, -0.2) is 5.24 Å². The molecular weight excluding hydrogens is 375 g/mol. The Morgan fingerprint density at radius 3 is 2.52 bits per heavy atom. The van der Waals surface area contributed by atoms with E-state index in [2.05, 4.69) is 15.9 Å². The first-order chi connectivity index (χ1) is 10.0. The summed E-state index contributed by atoms with van der Waals surface area (Å²) in [5.74, 6) is 0.722. The zero-order valence-corrected chi connectivity index (χ0v) is 14.0. The molecular formula is C16H11BrCl2O2. The van der Waals surface area contributed by atoms with Crippen molar-refractivity contribution in [2.24, 2.45) is 0 Å². The van der Waals surface area contributed by atoms with Crippen LogP contribution in [0.2, 0.25) is 5.02 Å². The number of carbonyl (C=O) groups excluding carboxylic acids is 1. The van der Waals surface area contributed by atoms with Crippen molar-refractivity contribution in [2.45, 2.75) is 6.61 Å². The summed E-state index contributed by atoms with van der Waals surface area (Å²) in [5.41, 5.74) is 1.89. The molecule has 0 bridgehead atoms. The van der Waals surface area contributed by atoms with Gasteiger partial charge in [-0.1, -0.05) is 35.9 Å². The van der Waals surface area contributed by atoms with E-state index in [4.69, 9.17) is 27.9 Å². The molecule has 0 N–H and O–H groups in total. The van der Waals surface area contributed by atoms with E-state index in [-0.39, 0.29) is 0 Å². The molecule has 2 nitrogen and oxygen atoms in total. The first kappa shape index (κ1) is 16.1. The van der Waals surface area contributed by atoms with Crippen molar-refractivity contribution in [1.29, 1.82) is 0 Å². The van der Waals surface area contributed by atoms with Crippen LogP contribution in [0.4, 0.5) is 0 Å². The van der Waals surface area contributed by atoms with Gasteiger partial charge in [-0.3, -0.25) is 4.79 Å². The molecule has 0 saturated carbocycles. The zero-order valence-electron chi connectivity index (χ0n) is 10.9. The Labute approximate surface area is 141 Å². The fourth-order valence-corrected chi connectivity index (χ4v) is 2.34. The van der Waals surface area contributed by atoms with Crippen LogP contribution in [0.5, 0.6) is 5.75 Å². The van der Waals surface area contributed by atoms with E-state index in [0.29, 0.717) is 11.6 Å². The number of hydrogen-bond donors (Lipinski definition) is 0. The minimum absolute atomic E-state index is 0.450. The lowest BCUT2D eigenvalue weighted by Gasteiger charge is -2.09. The monoisotopic (exact) mass is 384 g/mol. The van der Waals surface area contributed by atoms with Crippen molar-refractivity contribution in [3.8, 4) is 5.75 Å². The van der Waals surface area contributed by atoms with E-state index in [1.165, 1.54) is 6.08 Å². The summed E-state index contributed by atoms with van der Waals surface area (Å²) >= 11 is 14.5. The summed E-state index contributed by atoms with van der Waals surface area (Å²) in [7, 11) is 0. The molecule has 0 amide bonds. The van der Waals surface area contributed by atoms with Crippen molar-refractivity contribution >= 4 is 50.5 Å². The van der Waals surface area contributed by atoms with Gasteiger partial charge in [0.05, 0.1) is 4.47 Å². The van der Waals surface area contributed by atoms with Crippen LogP contribution in [0.3, 0.4) is 0 Å². The van der Waals surface area contributed by atoms with Crippen LogP contribution in [0, 0.1) is 0 Å². The van der Waals surface area contributed by atoms with Crippen molar-refractivity contribution in [3.63, 3.8) is 0 Å². The molecule has 0 atom stereocenters. The smallest absolute Gasteiger partial charge is 0.245 e. The van der Waals surface area contributed by atoms with Gasteiger partial charge in [0.1, 0.15) is 12.4 Å². The Morgan fingerprint density at radius 1 is 1.19 bits per heavy atom. The maximum atomic E-state index is 10.7. The molecule has 0 spiro atoms. The van der Waals surface area contributed by atoms with Gasteiger partial charge in [-0.05, 0) is 69.0 Å². The van der Waals surface area contributed by atoms with Gasteiger partial charge in [-0.2, -0.15) is 0 Å². The second kappa shape index (κ2) is 7.64. The van der Waals surface area contributed by atoms with E-state index in [0.717, 1.165) is 21.3 Å². The molecule has 0 radical (unpaired) electrons. The fraction of sp³-hybridized carbons (Fsp3) is 0.0625. The standard InChI is InChI=1S/C16H11BrCl2O2/c17-14-9-11(4-8-16(19)20)3-7-15(14)21-10-12-1-5-13(18)6-2-12/h1-9H,10H2/b8-4+. The second-order valence-corrected chi connectivity index (χ2v) is 5.91. The van der Waals surface area contributed by atoms with Crippen molar-refractivity contribution in [2.75, 3.05) is 0 Å². The van der Waals surface area contributed by atoms with Crippen LogP contribution < -0.4 is 4.74 Å². The number of benzene rings is 2. The van der Waals surface area contributed by atoms with Crippen LogP contribution in [0.25, 0.3) is 6.08 Å². The SMILES string of the molecule is O=C(Cl)/C=C/c1ccc(OCc2ccc(Cl)cc2)c(Br)c1. The van der Waals surface area contributed by atoms with Gasteiger partial charge in [-0.25, -0.2) is 0 Å². The summed E-state index contributed by atoms with van der Waals surface area (Å²) < 4.78 is 6.54. The van der Waals surface area contributed by atoms with E-state index >= 15 is 0 Å². The van der Waals surface area contributed by atoms with Crippen LogP contribution in [0.1, 0.15) is 11.1 Å². The topological polar surface area (TPSA) is 26.3 Å². The van der Waals surface area contributed by atoms with Crippen LogP contribution in [-0.2, 0) is 11.4 Å². The van der Waals surface area contributed by atoms with Gasteiger partial charge in [0, 0.05) is 5.02 Å². The lowest BCUT2D eigenvalue weighted by Crippen LogP contribution is -1.96. The molecule has 108 valence electrons. The minimum Gasteiger partial charge on any atom is -0.488 e. The molecule has 0 aromatic heterocycles. The highest BCUT2D eigenvalue weighted by molar-refractivity contribution is 9.10. The molecule has 2 aromatic carbocycles. The molecule has 2 aromatic rings. The summed E-state index contributed by atoms with van der Waals surface area (Å²) in [6.45, 7) is 0.450. The average molecular weight is 386 g/mol. The van der Waals surface area contributed by atoms with Crippen LogP contribution >= 0.6 is 39.1 Å². The number of halogens is 3. The lowest BCUT2D eigenvalue weighted by molar-refractivity contribution is -0.107. The third-order valence-electron chi connectivity index (χ3n) is 2.67. The molecule has 0 unspecified atom stereocenters. The van der Waals surface area contributed by atoms with E-state index < -0.39 is 5.24 Å². The number of carbonyl (C=O) groups is 1. The minimum atomic E-state index is -0.505. The number of ether oxygens (including phenoxy) is 1. The normalized spacial score (nSPS) is 10.8. The molecule has 2 rings (SSSR count). The maximum Gasteiger partial charge on any atom is 0.245 e. The number of hydrogen-bond acceptors (Lipinski definition) is 2. The summed E-state index contributed by atoms with van der Waals surface area (Å²) in [6, 6.07) is 13.0. The predicted octanol–water partition coefficient (Wildman–Crippen LogP) is 5.46. The van der Waals surface area contributed by atoms with E-state index in [9.17, 15) is 4.79 Å². The molecule has 0 heterocycles. The lowest BCUT2D eigenvalue weighted by atomic mass is 10.2. The third kappa shape index (κ3) is 5.20. The Hall–Kier alpha value is -1.29. The second-order valence-electron chi connectivity index (χ2n) is 4.24. The Balaban J connectivity index is 2.04. The van der Waals surface area contributed by atoms with Gasteiger partial charge >= 0.3 is 0 Å². The van der Waals surface area contributed by atoms with Crippen molar-refractivity contribution in [1.82, 2.24) is 0 Å². The Bertz CT molecular complexity index is 666. The Kier molecular flexibility index (Phi) is 5.85. The van der Waals surface area contributed by atoms with Gasteiger partial charge in [0.25, 0.3) is 0 Å². The fourth-order valence-electron chi connectivity index (χ4n) is 1.64. The van der Waals surface area contributed by atoms with Gasteiger partial charge in [0.15, 0.2) is 0 Å². The molecule has 0 aliphatic carbocycles. The van der Waals surface area contributed by atoms with Gasteiger partial charge < -0.3 is 4.74 Å². The van der Waals surface area contributed by atoms with E-state index in [1.807, 2.05) is 42.5 Å². The van der Waals surface area contributed by atoms with Crippen molar-refractivity contribution < 1.29 is 9.53 Å². The third-order valence-corrected chi connectivity index (χ3v) is 3.67. The highest BCUT2D eigenvalue weighted by Crippen LogP contribution is 2.27. The molecule has 21 heavy (non-hydrogen) atoms. The molecule has 0 saturated heterocycles. The molecule has 0 aliphatic rings. The highest BCUT2D eigenvalue weighted by Gasteiger charge is 2.03. The summed E-state index contributed by atoms with van der Waals surface area (Å²) in [6.07, 6.45) is 2.95. The molecule has 0 fully saturated rings. The zero-order chi connectivity index (χ0) is 15.2. The quantitative estimate of drug-likeness (QED) is 0.504. The van der Waals surface area contributed by atoms with Crippen molar-refractivity contribution in [3.05, 3.63) is 69.2 Å². The number of rotatable bonds is 5. The predicted molar refractivity (Wildman–Crippen MR) is 89.8 cm³/mol. The average Bonchev–Trinajstić information content (AvgIpc) is 2.46. The van der Waals surface area contributed by atoms with Crippen LogP contribution in [0.15, 0.2) is 53.0 Å². The first-order valence-corrected chi connectivity index (χ1v) is 7.64. The first-order valence-electron chi connectivity index (χ1n) is 6.09. The highest BCUT2D eigenvalue weighted by atomic mass is 79.9. The Morgan fingerprint density at radius 2 is 1.90 bits per heavy atom.